The monoisotopic (exact) mass is 216 g/mol. The summed E-state index contributed by atoms with van der Waals surface area (Å²) in [6, 6.07) is 13.3. The topological polar surface area (TPSA) is 0 Å². The van der Waals surface area contributed by atoms with Crippen molar-refractivity contribution >= 4 is 23.4 Å². The lowest BCUT2D eigenvalue weighted by Gasteiger charge is -2.03. The Bertz CT molecular complexity index is 460. The van der Waals surface area contributed by atoms with Gasteiger partial charge in [0.1, 0.15) is 0 Å². The van der Waals surface area contributed by atoms with E-state index in [-0.39, 0.29) is 0 Å². The maximum Gasteiger partial charge on any atom is -0.00947 e. The SMILES string of the molecule is Cc1ccc2cc(CCCS)ccc2c1. The maximum absolute atomic E-state index is 4.24. The first-order valence-corrected chi connectivity index (χ1v) is 6.03. The second-order valence-electron chi connectivity index (χ2n) is 4.01. The Morgan fingerprint density at radius 2 is 1.73 bits per heavy atom. The molecule has 2 aromatic rings. The molecular formula is C14H16S. The molecule has 2 rings (SSSR count). The molecule has 0 radical (unpaired) electrons. The first-order valence-electron chi connectivity index (χ1n) is 5.40. The third-order valence-electron chi connectivity index (χ3n) is 2.68. The van der Waals surface area contributed by atoms with Crippen LogP contribution in [-0.4, -0.2) is 5.75 Å². The number of benzene rings is 2. The number of rotatable bonds is 3. The molecule has 0 saturated carbocycles. The highest BCUT2D eigenvalue weighted by Gasteiger charge is 1.96. The van der Waals surface area contributed by atoms with Gasteiger partial charge in [0.05, 0.1) is 0 Å². The molecule has 0 aliphatic heterocycles. The molecular weight excluding hydrogens is 200 g/mol. The number of hydrogen-bond donors (Lipinski definition) is 1. The Morgan fingerprint density at radius 1 is 1.00 bits per heavy atom. The molecule has 0 unspecified atom stereocenters. The largest absolute Gasteiger partial charge is 0.179 e. The molecule has 0 aliphatic carbocycles. The second kappa shape index (κ2) is 4.71. The zero-order valence-electron chi connectivity index (χ0n) is 9.03. The summed E-state index contributed by atoms with van der Waals surface area (Å²) in [4.78, 5) is 0. The zero-order valence-corrected chi connectivity index (χ0v) is 9.93. The molecule has 0 atom stereocenters. The van der Waals surface area contributed by atoms with Gasteiger partial charge in [0.2, 0.25) is 0 Å². The van der Waals surface area contributed by atoms with E-state index in [1.807, 2.05) is 0 Å². The summed E-state index contributed by atoms with van der Waals surface area (Å²) >= 11 is 4.24. The maximum atomic E-state index is 4.24. The molecule has 2 aromatic carbocycles. The molecule has 0 spiro atoms. The van der Waals surface area contributed by atoms with Crippen LogP contribution in [0.25, 0.3) is 10.8 Å². The third kappa shape index (κ3) is 2.54. The van der Waals surface area contributed by atoms with Crippen LogP contribution >= 0.6 is 12.6 Å². The number of thiol groups is 1. The molecule has 0 saturated heterocycles. The zero-order chi connectivity index (χ0) is 10.7. The Balaban J connectivity index is 2.34. The lowest BCUT2D eigenvalue weighted by molar-refractivity contribution is 0.938. The van der Waals surface area contributed by atoms with Gasteiger partial charge < -0.3 is 0 Å². The van der Waals surface area contributed by atoms with E-state index in [0.717, 1.165) is 18.6 Å². The van der Waals surface area contributed by atoms with Crippen LogP contribution in [0.15, 0.2) is 36.4 Å². The van der Waals surface area contributed by atoms with Crippen molar-refractivity contribution in [2.45, 2.75) is 19.8 Å². The Morgan fingerprint density at radius 3 is 2.53 bits per heavy atom. The van der Waals surface area contributed by atoms with Crippen molar-refractivity contribution in [2.24, 2.45) is 0 Å². The standard InChI is InChI=1S/C14H16S/c1-11-4-6-14-10-12(3-2-8-15)5-7-13(14)9-11/h4-7,9-10,15H,2-3,8H2,1H3. The minimum atomic E-state index is 0.964. The number of aryl methyl sites for hydroxylation is 2. The van der Waals surface area contributed by atoms with Crippen LogP contribution in [0.5, 0.6) is 0 Å². The van der Waals surface area contributed by atoms with Crippen LogP contribution in [-0.2, 0) is 6.42 Å². The van der Waals surface area contributed by atoms with E-state index in [1.54, 1.807) is 0 Å². The Hall–Kier alpha value is -0.950. The van der Waals surface area contributed by atoms with Crippen molar-refractivity contribution < 1.29 is 0 Å². The first kappa shape index (κ1) is 10.6. The fourth-order valence-corrected chi connectivity index (χ4v) is 2.01. The molecule has 0 N–H and O–H groups in total. The number of hydrogen-bond acceptors (Lipinski definition) is 1. The smallest absolute Gasteiger partial charge is 0.00947 e. The van der Waals surface area contributed by atoms with Crippen molar-refractivity contribution in [2.75, 3.05) is 5.75 Å². The van der Waals surface area contributed by atoms with Gasteiger partial charge in [0.25, 0.3) is 0 Å². The summed E-state index contributed by atoms with van der Waals surface area (Å²) in [7, 11) is 0. The van der Waals surface area contributed by atoms with Gasteiger partial charge >= 0.3 is 0 Å². The molecule has 0 aliphatic rings. The van der Waals surface area contributed by atoms with Crippen molar-refractivity contribution in [1.82, 2.24) is 0 Å². The Kier molecular flexibility index (Phi) is 3.32. The van der Waals surface area contributed by atoms with Gasteiger partial charge in [-0.3, -0.25) is 0 Å². The first-order chi connectivity index (χ1) is 7.29. The van der Waals surface area contributed by atoms with Crippen molar-refractivity contribution in [1.29, 1.82) is 0 Å². The van der Waals surface area contributed by atoms with Crippen LogP contribution < -0.4 is 0 Å². The summed E-state index contributed by atoms with van der Waals surface area (Å²) in [6.07, 6.45) is 2.29. The van der Waals surface area contributed by atoms with Gasteiger partial charge in [0.15, 0.2) is 0 Å². The summed E-state index contributed by atoms with van der Waals surface area (Å²) in [6.45, 7) is 2.13. The van der Waals surface area contributed by atoms with Crippen molar-refractivity contribution in [3.63, 3.8) is 0 Å². The van der Waals surface area contributed by atoms with Crippen LogP contribution in [0.1, 0.15) is 17.5 Å². The van der Waals surface area contributed by atoms with E-state index in [0.29, 0.717) is 0 Å². The minimum Gasteiger partial charge on any atom is -0.179 e. The average molecular weight is 216 g/mol. The highest BCUT2D eigenvalue weighted by molar-refractivity contribution is 7.80. The minimum absolute atomic E-state index is 0.964. The van der Waals surface area contributed by atoms with Gasteiger partial charge in [-0.05, 0) is 41.9 Å². The van der Waals surface area contributed by atoms with E-state index < -0.39 is 0 Å². The average Bonchev–Trinajstić information content (AvgIpc) is 2.26. The fourth-order valence-electron chi connectivity index (χ4n) is 1.85. The number of fused-ring (bicyclic) bond motifs is 1. The van der Waals surface area contributed by atoms with Crippen molar-refractivity contribution in [3.8, 4) is 0 Å². The fraction of sp³-hybridized carbons (Fsp3) is 0.286. The van der Waals surface area contributed by atoms with Crippen LogP contribution in [0.4, 0.5) is 0 Å². The Labute approximate surface area is 96.7 Å². The molecule has 0 nitrogen and oxygen atoms in total. The van der Waals surface area contributed by atoms with E-state index in [4.69, 9.17) is 0 Å². The summed E-state index contributed by atoms with van der Waals surface area (Å²) < 4.78 is 0. The van der Waals surface area contributed by atoms with E-state index >= 15 is 0 Å². The quantitative estimate of drug-likeness (QED) is 0.736. The van der Waals surface area contributed by atoms with Crippen LogP contribution in [0.2, 0.25) is 0 Å². The summed E-state index contributed by atoms with van der Waals surface area (Å²) in [5, 5.41) is 2.68. The summed E-state index contributed by atoms with van der Waals surface area (Å²) in [5.74, 6) is 0.964. The molecule has 1 heteroatoms. The molecule has 0 bridgehead atoms. The lowest BCUT2D eigenvalue weighted by atomic mass is 10.0. The normalized spacial score (nSPS) is 10.8. The van der Waals surface area contributed by atoms with Crippen molar-refractivity contribution in [3.05, 3.63) is 47.5 Å². The highest BCUT2D eigenvalue weighted by Crippen LogP contribution is 2.18. The molecule has 0 aromatic heterocycles. The van der Waals surface area contributed by atoms with E-state index in [2.05, 4.69) is 56.0 Å². The predicted molar refractivity (Wildman–Crippen MR) is 70.9 cm³/mol. The lowest BCUT2D eigenvalue weighted by Crippen LogP contribution is -1.86. The third-order valence-corrected chi connectivity index (χ3v) is 3.00. The van der Waals surface area contributed by atoms with Gasteiger partial charge in [-0.1, -0.05) is 42.0 Å². The van der Waals surface area contributed by atoms with E-state index in [9.17, 15) is 0 Å². The molecule has 15 heavy (non-hydrogen) atoms. The van der Waals surface area contributed by atoms with Gasteiger partial charge in [-0.2, -0.15) is 12.6 Å². The van der Waals surface area contributed by atoms with Gasteiger partial charge in [-0.25, -0.2) is 0 Å². The molecule has 0 heterocycles. The molecule has 0 amide bonds. The van der Waals surface area contributed by atoms with E-state index in [1.165, 1.54) is 21.9 Å². The van der Waals surface area contributed by atoms with Crippen LogP contribution in [0.3, 0.4) is 0 Å². The van der Waals surface area contributed by atoms with Crippen LogP contribution in [0, 0.1) is 6.92 Å². The highest BCUT2D eigenvalue weighted by atomic mass is 32.1. The second-order valence-corrected chi connectivity index (χ2v) is 4.46. The predicted octanol–water partition coefficient (Wildman–Crippen LogP) is 4.01. The van der Waals surface area contributed by atoms with Gasteiger partial charge in [0, 0.05) is 0 Å². The molecule has 0 fully saturated rings. The van der Waals surface area contributed by atoms with Gasteiger partial charge in [-0.15, -0.1) is 0 Å². The summed E-state index contributed by atoms with van der Waals surface area (Å²) in [5.41, 5.74) is 2.74. The molecule has 78 valence electrons.